The summed E-state index contributed by atoms with van der Waals surface area (Å²) in [5, 5.41) is 0. The fraction of sp³-hybridized carbons (Fsp3) is 0.714. The SMILES string of the molecule is C/C=C/[C@H]1OC[C@@H]2[C@@H](C)[C@H]1C(C)=C[C@H]2C. The van der Waals surface area contributed by atoms with Gasteiger partial charge in [0.1, 0.15) is 0 Å². The molecule has 2 aliphatic rings. The molecule has 1 aliphatic heterocycles. The number of allylic oxidation sites excluding steroid dienone is 2. The second-order valence-electron chi connectivity index (χ2n) is 5.14. The molecule has 0 aromatic carbocycles. The van der Waals surface area contributed by atoms with E-state index < -0.39 is 0 Å². The molecule has 84 valence electrons. The second kappa shape index (κ2) is 4.13. The molecule has 0 saturated carbocycles. The van der Waals surface area contributed by atoms with E-state index in [1.165, 1.54) is 5.57 Å². The van der Waals surface area contributed by atoms with Crippen molar-refractivity contribution in [3.63, 3.8) is 0 Å². The van der Waals surface area contributed by atoms with Gasteiger partial charge >= 0.3 is 0 Å². The Morgan fingerprint density at radius 1 is 1.40 bits per heavy atom. The lowest BCUT2D eigenvalue weighted by molar-refractivity contribution is -0.0687. The summed E-state index contributed by atoms with van der Waals surface area (Å²) in [6, 6.07) is 0. The fourth-order valence-electron chi connectivity index (χ4n) is 3.36. The normalized spacial score (nSPS) is 45.6. The highest BCUT2D eigenvalue weighted by Gasteiger charge is 2.42. The topological polar surface area (TPSA) is 9.23 Å². The van der Waals surface area contributed by atoms with E-state index >= 15 is 0 Å². The lowest BCUT2D eigenvalue weighted by Gasteiger charge is -2.46. The van der Waals surface area contributed by atoms with Gasteiger partial charge in [0, 0.05) is 5.92 Å². The molecule has 15 heavy (non-hydrogen) atoms. The van der Waals surface area contributed by atoms with E-state index in [0.29, 0.717) is 17.9 Å². The Morgan fingerprint density at radius 2 is 2.13 bits per heavy atom. The van der Waals surface area contributed by atoms with Crippen LogP contribution in [0.25, 0.3) is 0 Å². The first-order valence-corrected chi connectivity index (χ1v) is 6.08. The van der Waals surface area contributed by atoms with E-state index in [2.05, 4.69) is 45.9 Å². The molecule has 1 heterocycles. The molecule has 2 bridgehead atoms. The minimum absolute atomic E-state index is 0.310. The average Bonchev–Trinajstić information content (AvgIpc) is 2.15. The minimum atomic E-state index is 0.310. The number of hydrogen-bond donors (Lipinski definition) is 0. The van der Waals surface area contributed by atoms with E-state index in [9.17, 15) is 0 Å². The summed E-state index contributed by atoms with van der Waals surface area (Å²) in [5.41, 5.74) is 1.52. The maximum atomic E-state index is 5.97. The van der Waals surface area contributed by atoms with Gasteiger partial charge in [0.2, 0.25) is 0 Å². The molecule has 2 rings (SSSR count). The molecule has 0 amide bonds. The van der Waals surface area contributed by atoms with Gasteiger partial charge in [-0.25, -0.2) is 0 Å². The molecule has 0 spiro atoms. The van der Waals surface area contributed by atoms with Gasteiger partial charge in [-0.1, -0.05) is 37.6 Å². The predicted octanol–water partition coefficient (Wildman–Crippen LogP) is 3.43. The van der Waals surface area contributed by atoms with Crippen LogP contribution in [0.4, 0.5) is 0 Å². The Bertz CT molecular complexity index is 290. The van der Waals surface area contributed by atoms with Crippen LogP contribution >= 0.6 is 0 Å². The lowest BCUT2D eigenvalue weighted by Crippen LogP contribution is -2.45. The van der Waals surface area contributed by atoms with E-state index in [1.807, 2.05) is 0 Å². The third kappa shape index (κ3) is 1.78. The molecule has 0 N–H and O–H groups in total. The monoisotopic (exact) mass is 206 g/mol. The van der Waals surface area contributed by atoms with Crippen molar-refractivity contribution in [3.8, 4) is 0 Å². The van der Waals surface area contributed by atoms with Crippen molar-refractivity contribution < 1.29 is 4.74 Å². The van der Waals surface area contributed by atoms with E-state index in [-0.39, 0.29) is 0 Å². The first kappa shape index (κ1) is 10.9. The summed E-state index contributed by atoms with van der Waals surface area (Å²) in [6.45, 7) is 9.98. The Labute approximate surface area is 93.2 Å². The van der Waals surface area contributed by atoms with Crippen molar-refractivity contribution in [3.05, 3.63) is 23.8 Å². The van der Waals surface area contributed by atoms with Crippen molar-refractivity contribution >= 4 is 0 Å². The van der Waals surface area contributed by atoms with E-state index in [4.69, 9.17) is 4.74 Å². The van der Waals surface area contributed by atoms with Gasteiger partial charge in [-0.2, -0.15) is 0 Å². The standard InChI is InChI=1S/C14H22O/c1-5-6-13-14-10(3)7-9(2)12(8-15-13)11(14)4/h5-7,9,11-14H,8H2,1-4H3/b6-5+/t9-,11-,12+,13-,14-/m1/s1. The third-order valence-electron chi connectivity index (χ3n) is 4.19. The fourth-order valence-corrected chi connectivity index (χ4v) is 3.36. The summed E-state index contributed by atoms with van der Waals surface area (Å²) in [5.74, 6) is 2.78. The molecule has 1 fully saturated rings. The molecule has 1 aliphatic carbocycles. The molecule has 0 aromatic heterocycles. The predicted molar refractivity (Wildman–Crippen MR) is 63.6 cm³/mol. The quantitative estimate of drug-likeness (QED) is 0.597. The van der Waals surface area contributed by atoms with E-state index in [0.717, 1.165) is 18.4 Å². The molecular weight excluding hydrogens is 184 g/mol. The molecule has 0 aromatic rings. The van der Waals surface area contributed by atoms with Crippen LogP contribution in [-0.2, 0) is 4.74 Å². The van der Waals surface area contributed by atoms with Crippen LogP contribution in [0, 0.1) is 23.7 Å². The molecule has 1 saturated heterocycles. The van der Waals surface area contributed by atoms with Crippen LogP contribution in [0.5, 0.6) is 0 Å². The van der Waals surface area contributed by atoms with Gasteiger partial charge in [-0.3, -0.25) is 0 Å². The highest BCUT2D eigenvalue weighted by molar-refractivity contribution is 5.19. The van der Waals surface area contributed by atoms with Gasteiger partial charge in [0.05, 0.1) is 12.7 Å². The van der Waals surface area contributed by atoms with Crippen molar-refractivity contribution in [2.75, 3.05) is 6.61 Å². The van der Waals surface area contributed by atoms with Gasteiger partial charge in [0.25, 0.3) is 0 Å². The van der Waals surface area contributed by atoms with Crippen molar-refractivity contribution in [1.82, 2.24) is 0 Å². The number of rotatable bonds is 1. The first-order chi connectivity index (χ1) is 7.15. The van der Waals surface area contributed by atoms with Gasteiger partial charge in [-0.15, -0.1) is 0 Å². The zero-order valence-electron chi connectivity index (χ0n) is 10.2. The van der Waals surface area contributed by atoms with Gasteiger partial charge in [-0.05, 0) is 31.6 Å². The lowest BCUT2D eigenvalue weighted by atomic mass is 9.65. The summed E-state index contributed by atoms with van der Waals surface area (Å²) < 4.78 is 5.97. The summed E-state index contributed by atoms with van der Waals surface area (Å²) in [4.78, 5) is 0. The maximum absolute atomic E-state index is 5.97. The molecular formula is C14H22O. The van der Waals surface area contributed by atoms with Gasteiger partial charge < -0.3 is 4.74 Å². The molecule has 0 radical (unpaired) electrons. The summed E-state index contributed by atoms with van der Waals surface area (Å²) in [6.07, 6.45) is 7.09. The van der Waals surface area contributed by atoms with Crippen LogP contribution in [0.1, 0.15) is 27.7 Å². The van der Waals surface area contributed by atoms with Crippen LogP contribution in [0.15, 0.2) is 23.8 Å². The minimum Gasteiger partial charge on any atom is -0.373 e. The molecule has 1 heteroatoms. The highest BCUT2D eigenvalue weighted by atomic mass is 16.5. The second-order valence-corrected chi connectivity index (χ2v) is 5.14. The number of hydrogen-bond acceptors (Lipinski definition) is 1. The molecule has 1 nitrogen and oxygen atoms in total. The zero-order chi connectivity index (χ0) is 11.0. The highest BCUT2D eigenvalue weighted by Crippen LogP contribution is 2.44. The van der Waals surface area contributed by atoms with Gasteiger partial charge in [0.15, 0.2) is 0 Å². The van der Waals surface area contributed by atoms with Crippen LogP contribution in [0.2, 0.25) is 0 Å². The van der Waals surface area contributed by atoms with Crippen molar-refractivity contribution in [2.24, 2.45) is 23.7 Å². The van der Waals surface area contributed by atoms with Crippen LogP contribution < -0.4 is 0 Å². The first-order valence-electron chi connectivity index (χ1n) is 6.08. The summed E-state index contributed by atoms with van der Waals surface area (Å²) >= 11 is 0. The maximum Gasteiger partial charge on any atom is 0.0823 e. The van der Waals surface area contributed by atoms with Crippen molar-refractivity contribution in [2.45, 2.75) is 33.8 Å². The molecule has 5 atom stereocenters. The van der Waals surface area contributed by atoms with E-state index in [1.54, 1.807) is 0 Å². The van der Waals surface area contributed by atoms with Crippen LogP contribution in [0.3, 0.4) is 0 Å². The Morgan fingerprint density at radius 3 is 2.80 bits per heavy atom. The van der Waals surface area contributed by atoms with Crippen LogP contribution in [-0.4, -0.2) is 12.7 Å². The number of fused-ring (bicyclic) bond motifs is 2. The largest absolute Gasteiger partial charge is 0.373 e. The summed E-state index contributed by atoms with van der Waals surface area (Å²) in [7, 11) is 0. The smallest absolute Gasteiger partial charge is 0.0823 e. The molecule has 0 unspecified atom stereocenters. The van der Waals surface area contributed by atoms with Crippen molar-refractivity contribution in [1.29, 1.82) is 0 Å². The Kier molecular flexibility index (Phi) is 3.01. The average molecular weight is 206 g/mol. The third-order valence-corrected chi connectivity index (χ3v) is 4.19. The Balaban J connectivity index is 2.29. The number of ether oxygens (including phenoxy) is 1. The Hall–Kier alpha value is -0.560. The zero-order valence-corrected chi connectivity index (χ0v) is 10.2.